The van der Waals surface area contributed by atoms with Crippen LogP contribution in [-0.2, 0) is 4.74 Å². The molecule has 4 heteroatoms. The van der Waals surface area contributed by atoms with Crippen LogP contribution in [0.25, 0.3) is 0 Å². The fourth-order valence-electron chi connectivity index (χ4n) is 2.21. The van der Waals surface area contributed by atoms with Crippen LogP contribution in [0.4, 0.5) is 4.79 Å². The number of hydrogen-bond acceptors (Lipinski definition) is 3. The molecular weight excluding hydrogens is 278 g/mol. The molecule has 0 saturated carbocycles. The van der Waals surface area contributed by atoms with Gasteiger partial charge in [0.15, 0.2) is 0 Å². The molecule has 1 aliphatic heterocycles. The lowest BCUT2D eigenvalue weighted by molar-refractivity contribution is -0.0118. The SMILES string of the molecule is C=C/C=C(\C=C)C1(O)CCN(C(=O)OC(C)(C)C)CC1.CC. The Hall–Kier alpha value is -1.55. The van der Waals surface area contributed by atoms with E-state index in [2.05, 4.69) is 13.2 Å². The maximum absolute atomic E-state index is 12.0. The van der Waals surface area contributed by atoms with Gasteiger partial charge < -0.3 is 14.7 Å². The highest BCUT2D eigenvalue weighted by atomic mass is 16.6. The Balaban J connectivity index is 0.00000211. The molecule has 0 unspecified atom stereocenters. The maximum Gasteiger partial charge on any atom is 0.410 e. The number of allylic oxidation sites excluding steroid dienone is 2. The lowest BCUT2D eigenvalue weighted by atomic mass is 9.84. The van der Waals surface area contributed by atoms with Crippen molar-refractivity contribution in [3.8, 4) is 0 Å². The number of nitrogens with zero attached hydrogens (tertiary/aromatic N) is 1. The minimum atomic E-state index is -0.936. The largest absolute Gasteiger partial charge is 0.444 e. The van der Waals surface area contributed by atoms with E-state index in [-0.39, 0.29) is 6.09 Å². The first-order valence-corrected chi connectivity index (χ1v) is 7.88. The molecule has 0 aromatic rings. The molecule has 0 spiro atoms. The second kappa shape index (κ2) is 8.79. The number of piperidine rings is 1. The summed E-state index contributed by atoms with van der Waals surface area (Å²) in [6, 6.07) is 0. The number of likely N-dealkylation sites (tertiary alicyclic amines) is 1. The number of amides is 1. The first kappa shape index (κ1) is 20.5. The van der Waals surface area contributed by atoms with Gasteiger partial charge in [-0.2, -0.15) is 0 Å². The molecule has 1 amide bonds. The highest BCUT2D eigenvalue weighted by molar-refractivity contribution is 5.68. The highest BCUT2D eigenvalue weighted by Crippen LogP contribution is 2.31. The number of aliphatic hydroxyl groups is 1. The monoisotopic (exact) mass is 309 g/mol. The fraction of sp³-hybridized carbons (Fsp3) is 0.611. The summed E-state index contributed by atoms with van der Waals surface area (Å²) in [5.41, 5.74) is -0.690. The van der Waals surface area contributed by atoms with Gasteiger partial charge in [0.1, 0.15) is 5.60 Å². The zero-order valence-corrected chi connectivity index (χ0v) is 14.7. The van der Waals surface area contributed by atoms with Crippen LogP contribution in [0.15, 0.2) is 37.0 Å². The van der Waals surface area contributed by atoms with Gasteiger partial charge in [0.2, 0.25) is 0 Å². The fourth-order valence-corrected chi connectivity index (χ4v) is 2.21. The maximum atomic E-state index is 12.0. The average molecular weight is 309 g/mol. The lowest BCUT2D eigenvalue weighted by Gasteiger charge is -2.39. The third kappa shape index (κ3) is 6.06. The molecule has 0 atom stereocenters. The van der Waals surface area contributed by atoms with Gasteiger partial charge in [0.05, 0.1) is 5.60 Å². The van der Waals surface area contributed by atoms with E-state index in [0.29, 0.717) is 25.9 Å². The smallest absolute Gasteiger partial charge is 0.410 e. The summed E-state index contributed by atoms with van der Waals surface area (Å²) in [4.78, 5) is 13.6. The summed E-state index contributed by atoms with van der Waals surface area (Å²) in [6.45, 7) is 17.8. The van der Waals surface area contributed by atoms with Crippen molar-refractivity contribution >= 4 is 6.09 Å². The van der Waals surface area contributed by atoms with E-state index in [4.69, 9.17) is 4.74 Å². The van der Waals surface area contributed by atoms with Gasteiger partial charge in [0.25, 0.3) is 0 Å². The third-order valence-electron chi connectivity index (χ3n) is 3.30. The van der Waals surface area contributed by atoms with Crippen molar-refractivity contribution in [1.29, 1.82) is 0 Å². The number of ether oxygens (including phenoxy) is 1. The van der Waals surface area contributed by atoms with Crippen LogP contribution in [0.5, 0.6) is 0 Å². The molecule has 4 nitrogen and oxygen atoms in total. The van der Waals surface area contributed by atoms with Gasteiger partial charge in [-0.1, -0.05) is 45.2 Å². The van der Waals surface area contributed by atoms with Gasteiger partial charge >= 0.3 is 6.09 Å². The molecule has 0 aromatic heterocycles. The molecule has 1 rings (SSSR count). The number of carbonyl (C=O) groups is 1. The van der Waals surface area contributed by atoms with E-state index in [1.807, 2.05) is 34.6 Å². The van der Waals surface area contributed by atoms with Crippen molar-refractivity contribution in [2.24, 2.45) is 0 Å². The van der Waals surface area contributed by atoms with E-state index in [1.165, 1.54) is 0 Å². The molecule has 1 aliphatic rings. The zero-order chi connectivity index (χ0) is 17.4. The van der Waals surface area contributed by atoms with Gasteiger partial charge in [-0.15, -0.1) is 0 Å². The quantitative estimate of drug-likeness (QED) is 0.799. The molecule has 22 heavy (non-hydrogen) atoms. The van der Waals surface area contributed by atoms with Crippen LogP contribution in [-0.4, -0.2) is 40.4 Å². The number of carbonyl (C=O) groups excluding carboxylic acids is 1. The van der Waals surface area contributed by atoms with E-state index in [1.54, 1.807) is 23.1 Å². The Kier molecular flexibility index (Phi) is 8.17. The van der Waals surface area contributed by atoms with Crippen LogP contribution >= 0.6 is 0 Å². The highest BCUT2D eigenvalue weighted by Gasteiger charge is 2.36. The van der Waals surface area contributed by atoms with E-state index in [9.17, 15) is 9.90 Å². The van der Waals surface area contributed by atoms with Gasteiger partial charge in [0, 0.05) is 13.1 Å². The standard InChI is InChI=1S/C16H25NO3.C2H6/c1-6-8-13(7-2)16(19)9-11-17(12-10-16)14(18)20-15(3,4)5;1-2/h6-8,19H,1-2,9-12H2,3-5H3;1-2H3/b13-8+;. The van der Waals surface area contributed by atoms with Crippen LogP contribution < -0.4 is 0 Å². The summed E-state index contributed by atoms with van der Waals surface area (Å²) in [5.74, 6) is 0. The molecule has 1 fully saturated rings. The van der Waals surface area contributed by atoms with E-state index < -0.39 is 11.2 Å². The summed E-state index contributed by atoms with van der Waals surface area (Å²) < 4.78 is 5.33. The van der Waals surface area contributed by atoms with Crippen LogP contribution in [0.1, 0.15) is 47.5 Å². The third-order valence-corrected chi connectivity index (χ3v) is 3.30. The van der Waals surface area contributed by atoms with Crippen molar-refractivity contribution < 1.29 is 14.6 Å². The normalized spacial score (nSPS) is 17.9. The number of hydrogen-bond donors (Lipinski definition) is 1. The van der Waals surface area contributed by atoms with Crippen molar-refractivity contribution in [2.75, 3.05) is 13.1 Å². The number of rotatable bonds is 3. The Bertz CT molecular complexity index is 411. The molecule has 1 heterocycles. The van der Waals surface area contributed by atoms with Crippen LogP contribution in [0.2, 0.25) is 0 Å². The molecule has 1 N–H and O–H groups in total. The molecule has 0 aliphatic carbocycles. The zero-order valence-electron chi connectivity index (χ0n) is 14.7. The molecule has 0 bridgehead atoms. The van der Waals surface area contributed by atoms with Crippen molar-refractivity contribution in [3.05, 3.63) is 37.0 Å². The van der Waals surface area contributed by atoms with Crippen molar-refractivity contribution in [3.63, 3.8) is 0 Å². The first-order chi connectivity index (χ1) is 10.2. The van der Waals surface area contributed by atoms with Gasteiger partial charge in [-0.25, -0.2) is 4.79 Å². The van der Waals surface area contributed by atoms with Gasteiger partial charge in [-0.3, -0.25) is 0 Å². The summed E-state index contributed by atoms with van der Waals surface area (Å²) in [7, 11) is 0. The molecule has 0 radical (unpaired) electrons. The molecule has 126 valence electrons. The van der Waals surface area contributed by atoms with Crippen LogP contribution in [0, 0.1) is 0 Å². The Morgan fingerprint density at radius 1 is 1.23 bits per heavy atom. The Morgan fingerprint density at radius 3 is 2.09 bits per heavy atom. The minimum Gasteiger partial charge on any atom is -0.444 e. The average Bonchev–Trinajstić information content (AvgIpc) is 2.45. The minimum absolute atomic E-state index is 0.326. The van der Waals surface area contributed by atoms with E-state index >= 15 is 0 Å². The van der Waals surface area contributed by atoms with Crippen LogP contribution in [0.3, 0.4) is 0 Å². The van der Waals surface area contributed by atoms with E-state index in [0.717, 1.165) is 5.57 Å². The topological polar surface area (TPSA) is 49.8 Å². The molecular formula is C18H31NO3. The predicted octanol–water partition coefficient (Wildman–Crippen LogP) is 4.07. The first-order valence-electron chi connectivity index (χ1n) is 7.88. The van der Waals surface area contributed by atoms with Crippen molar-refractivity contribution in [1.82, 2.24) is 4.90 Å². The van der Waals surface area contributed by atoms with Gasteiger partial charge in [-0.05, 0) is 39.2 Å². The second-order valence-electron chi connectivity index (χ2n) is 6.06. The molecule has 1 saturated heterocycles. The molecule has 0 aromatic carbocycles. The summed E-state index contributed by atoms with van der Waals surface area (Å²) in [5, 5.41) is 10.6. The van der Waals surface area contributed by atoms with Crippen molar-refractivity contribution in [2.45, 2.75) is 58.7 Å². The lowest BCUT2D eigenvalue weighted by Crippen LogP contribution is -2.48. The summed E-state index contributed by atoms with van der Waals surface area (Å²) in [6.07, 6.45) is 5.65. The Morgan fingerprint density at radius 2 is 1.73 bits per heavy atom. The summed E-state index contributed by atoms with van der Waals surface area (Å²) >= 11 is 0. The predicted molar refractivity (Wildman–Crippen MR) is 91.8 cm³/mol. The Labute approximate surface area is 135 Å². The second-order valence-corrected chi connectivity index (χ2v) is 6.06.